The van der Waals surface area contributed by atoms with Crippen molar-refractivity contribution in [3.05, 3.63) is 60.2 Å². The Balaban J connectivity index is 1.89. The van der Waals surface area contributed by atoms with Crippen molar-refractivity contribution in [1.29, 1.82) is 0 Å². The van der Waals surface area contributed by atoms with Crippen LogP contribution in [0.4, 0.5) is 10.5 Å². The maximum atomic E-state index is 11.9. The summed E-state index contributed by atoms with van der Waals surface area (Å²) in [6.45, 7) is -0.0645. The van der Waals surface area contributed by atoms with Gasteiger partial charge in [-0.05, 0) is 12.1 Å². The van der Waals surface area contributed by atoms with Crippen LogP contribution in [0.2, 0.25) is 0 Å². The summed E-state index contributed by atoms with van der Waals surface area (Å²) in [4.78, 5) is 23.6. The summed E-state index contributed by atoms with van der Waals surface area (Å²) >= 11 is 0. The van der Waals surface area contributed by atoms with E-state index in [0.717, 1.165) is 0 Å². The van der Waals surface area contributed by atoms with Gasteiger partial charge < -0.3 is 15.4 Å². The molecule has 0 heterocycles. The van der Waals surface area contributed by atoms with Gasteiger partial charge in [0.15, 0.2) is 5.78 Å². The number of Topliss-reactive ketones (excluding diaryl/α,β-unsaturated/α-hetero) is 1. The molecule has 0 aliphatic carbocycles. The fraction of sp³-hybridized carbons (Fsp3) is 0.125. The van der Waals surface area contributed by atoms with Gasteiger partial charge in [0, 0.05) is 5.56 Å². The van der Waals surface area contributed by atoms with E-state index >= 15 is 0 Å². The first-order valence-electron chi connectivity index (χ1n) is 6.47. The first-order chi connectivity index (χ1) is 10.2. The van der Waals surface area contributed by atoms with Crippen LogP contribution >= 0.6 is 0 Å². The van der Waals surface area contributed by atoms with Crippen LogP contribution in [0.5, 0.6) is 5.75 Å². The summed E-state index contributed by atoms with van der Waals surface area (Å²) in [6.07, 6.45) is 0. The molecule has 0 radical (unpaired) electrons. The zero-order chi connectivity index (χ0) is 15.1. The van der Waals surface area contributed by atoms with E-state index in [-0.39, 0.29) is 12.3 Å². The number of anilines is 1. The fourth-order valence-electron chi connectivity index (χ4n) is 1.80. The van der Waals surface area contributed by atoms with Crippen LogP contribution in [0.3, 0.4) is 0 Å². The molecule has 0 unspecified atom stereocenters. The van der Waals surface area contributed by atoms with Crippen LogP contribution in [0.15, 0.2) is 54.6 Å². The molecule has 5 heteroatoms. The number of benzene rings is 2. The zero-order valence-electron chi connectivity index (χ0n) is 11.6. The number of para-hydroxylation sites is 2. The van der Waals surface area contributed by atoms with Crippen molar-refractivity contribution in [1.82, 2.24) is 5.32 Å². The highest BCUT2D eigenvalue weighted by atomic mass is 16.5. The second kappa shape index (κ2) is 7.09. The minimum atomic E-state index is -0.455. The Morgan fingerprint density at radius 2 is 1.67 bits per heavy atom. The normalized spacial score (nSPS) is 9.76. The number of amides is 2. The van der Waals surface area contributed by atoms with Crippen molar-refractivity contribution in [2.75, 3.05) is 19.0 Å². The largest absolute Gasteiger partial charge is 0.495 e. The maximum absolute atomic E-state index is 11.9. The molecule has 2 rings (SSSR count). The third-order valence-corrected chi connectivity index (χ3v) is 2.86. The van der Waals surface area contributed by atoms with Gasteiger partial charge in [0.2, 0.25) is 0 Å². The third-order valence-electron chi connectivity index (χ3n) is 2.86. The lowest BCUT2D eigenvalue weighted by molar-refractivity contribution is 0.0993. The number of ketones is 1. The van der Waals surface area contributed by atoms with Crippen LogP contribution in [-0.2, 0) is 0 Å². The zero-order valence-corrected chi connectivity index (χ0v) is 11.6. The van der Waals surface area contributed by atoms with Crippen LogP contribution in [0, 0.1) is 0 Å². The van der Waals surface area contributed by atoms with Crippen LogP contribution in [-0.4, -0.2) is 25.5 Å². The second-order valence-corrected chi connectivity index (χ2v) is 4.30. The average Bonchev–Trinajstić information content (AvgIpc) is 2.54. The molecule has 2 N–H and O–H groups in total. The molecule has 108 valence electrons. The highest BCUT2D eigenvalue weighted by Crippen LogP contribution is 2.22. The summed E-state index contributed by atoms with van der Waals surface area (Å²) in [5, 5.41) is 5.17. The summed E-state index contributed by atoms with van der Waals surface area (Å²) in [6, 6.07) is 15.4. The molecule has 0 aliphatic heterocycles. The smallest absolute Gasteiger partial charge is 0.319 e. The van der Waals surface area contributed by atoms with Gasteiger partial charge in [-0.15, -0.1) is 0 Å². The first-order valence-corrected chi connectivity index (χ1v) is 6.47. The number of ether oxygens (including phenoxy) is 1. The van der Waals surface area contributed by atoms with E-state index in [1.54, 1.807) is 48.5 Å². The number of nitrogens with one attached hydrogen (secondary N) is 2. The number of hydrogen-bond acceptors (Lipinski definition) is 3. The summed E-state index contributed by atoms with van der Waals surface area (Å²) in [7, 11) is 1.53. The number of rotatable bonds is 5. The number of urea groups is 1. The lowest BCUT2D eigenvalue weighted by Crippen LogP contribution is -2.33. The lowest BCUT2D eigenvalue weighted by atomic mass is 10.1. The van der Waals surface area contributed by atoms with Crippen LogP contribution in [0.25, 0.3) is 0 Å². The lowest BCUT2D eigenvalue weighted by Gasteiger charge is -2.10. The Bertz CT molecular complexity index is 626. The van der Waals surface area contributed by atoms with Gasteiger partial charge in [0.05, 0.1) is 19.3 Å². The van der Waals surface area contributed by atoms with E-state index in [1.165, 1.54) is 7.11 Å². The molecule has 0 saturated carbocycles. The van der Waals surface area contributed by atoms with Gasteiger partial charge in [-0.2, -0.15) is 0 Å². The van der Waals surface area contributed by atoms with Crippen molar-refractivity contribution < 1.29 is 14.3 Å². The Hall–Kier alpha value is -2.82. The molecule has 2 aromatic rings. The topological polar surface area (TPSA) is 67.4 Å². The van der Waals surface area contributed by atoms with Crippen molar-refractivity contribution in [2.45, 2.75) is 0 Å². The molecule has 5 nitrogen and oxygen atoms in total. The van der Waals surface area contributed by atoms with E-state index in [2.05, 4.69) is 10.6 Å². The SMILES string of the molecule is COc1ccccc1NC(=O)NCC(=O)c1ccccc1. The molecular formula is C16H16N2O3. The number of hydrogen-bond donors (Lipinski definition) is 2. The van der Waals surface area contributed by atoms with E-state index in [1.807, 2.05) is 6.07 Å². The van der Waals surface area contributed by atoms with Crippen molar-refractivity contribution in [3.63, 3.8) is 0 Å². The summed E-state index contributed by atoms with van der Waals surface area (Å²) < 4.78 is 5.13. The molecule has 0 atom stereocenters. The standard InChI is InChI=1S/C16H16N2O3/c1-21-15-10-6-5-9-13(15)18-16(20)17-11-14(19)12-7-3-2-4-8-12/h2-10H,11H2,1H3,(H2,17,18,20). The Morgan fingerprint density at radius 3 is 2.38 bits per heavy atom. The minimum absolute atomic E-state index is 0.0645. The fourth-order valence-corrected chi connectivity index (χ4v) is 1.80. The van der Waals surface area contributed by atoms with Crippen molar-refractivity contribution in [3.8, 4) is 5.75 Å². The van der Waals surface area contributed by atoms with E-state index in [0.29, 0.717) is 17.0 Å². The van der Waals surface area contributed by atoms with Gasteiger partial charge in [-0.3, -0.25) is 4.79 Å². The molecule has 0 bridgehead atoms. The molecule has 2 amide bonds. The molecule has 0 fully saturated rings. The highest BCUT2D eigenvalue weighted by Gasteiger charge is 2.09. The quantitative estimate of drug-likeness (QED) is 0.829. The molecule has 0 spiro atoms. The van der Waals surface area contributed by atoms with E-state index in [4.69, 9.17) is 4.74 Å². The Labute approximate surface area is 122 Å². The van der Waals surface area contributed by atoms with Gasteiger partial charge >= 0.3 is 6.03 Å². The van der Waals surface area contributed by atoms with Crippen molar-refractivity contribution >= 4 is 17.5 Å². The average molecular weight is 284 g/mol. The highest BCUT2D eigenvalue weighted by molar-refractivity contribution is 6.00. The first kappa shape index (κ1) is 14.6. The van der Waals surface area contributed by atoms with Gasteiger partial charge in [0.25, 0.3) is 0 Å². The summed E-state index contributed by atoms with van der Waals surface area (Å²) in [5.74, 6) is 0.410. The minimum Gasteiger partial charge on any atom is -0.495 e. The van der Waals surface area contributed by atoms with Crippen molar-refractivity contribution in [2.24, 2.45) is 0 Å². The molecule has 0 aliphatic rings. The Morgan fingerprint density at radius 1 is 1.00 bits per heavy atom. The predicted octanol–water partition coefficient (Wildman–Crippen LogP) is 2.70. The molecule has 0 aromatic heterocycles. The third kappa shape index (κ3) is 4.07. The molecule has 21 heavy (non-hydrogen) atoms. The van der Waals surface area contributed by atoms with Gasteiger partial charge in [0.1, 0.15) is 5.75 Å². The molecule has 0 saturated heterocycles. The van der Waals surface area contributed by atoms with Crippen LogP contribution < -0.4 is 15.4 Å². The number of carbonyl (C=O) groups is 2. The predicted molar refractivity (Wildman–Crippen MR) is 80.8 cm³/mol. The van der Waals surface area contributed by atoms with E-state index in [9.17, 15) is 9.59 Å². The number of carbonyl (C=O) groups excluding carboxylic acids is 2. The number of methoxy groups -OCH3 is 1. The second-order valence-electron chi connectivity index (χ2n) is 4.30. The van der Waals surface area contributed by atoms with Crippen LogP contribution in [0.1, 0.15) is 10.4 Å². The monoisotopic (exact) mass is 284 g/mol. The van der Waals surface area contributed by atoms with Gasteiger partial charge in [-0.25, -0.2) is 4.79 Å². The maximum Gasteiger partial charge on any atom is 0.319 e. The molecular weight excluding hydrogens is 268 g/mol. The summed E-state index contributed by atoms with van der Waals surface area (Å²) in [5.41, 5.74) is 1.11. The van der Waals surface area contributed by atoms with E-state index < -0.39 is 6.03 Å². The molecule has 2 aromatic carbocycles. The Kier molecular flexibility index (Phi) is 4.93. The van der Waals surface area contributed by atoms with Gasteiger partial charge in [-0.1, -0.05) is 42.5 Å².